The largest absolute Gasteiger partial charge is 0.481 e. The number of carboxylic acids is 1. The van der Waals surface area contributed by atoms with Gasteiger partial charge in [-0.25, -0.2) is 9.97 Å². The molecule has 8 heteroatoms. The highest BCUT2D eigenvalue weighted by Gasteiger charge is 2.20. The Labute approximate surface area is 221 Å². The zero-order chi connectivity index (χ0) is 25.7. The van der Waals surface area contributed by atoms with Crippen LogP contribution >= 0.6 is 22.9 Å². The molecule has 0 saturated heterocycles. The maximum absolute atomic E-state index is 11.7. The van der Waals surface area contributed by atoms with Gasteiger partial charge in [-0.2, -0.15) is 0 Å². The summed E-state index contributed by atoms with van der Waals surface area (Å²) in [6.45, 7) is 3.99. The van der Waals surface area contributed by atoms with Crippen LogP contribution in [0.2, 0.25) is 5.02 Å². The molecule has 0 saturated carbocycles. The topological polar surface area (TPSA) is 91.8 Å². The van der Waals surface area contributed by atoms with Crippen molar-refractivity contribution in [2.24, 2.45) is 0 Å². The molecule has 2 aromatic carbocycles. The van der Waals surface area contributed by atoms with Crippen molar-refractivity contribution in [2.45, 2.75) is 20.3 Å². The summed E-state index contributed by atoms with van der Waals surface area (Å²) in [5, 5.41) is 12.2. The zero-order valence-corrected chi connectivity index (χ0v) is 21.6. The number of benzene rings is 2. The maximum atomic E-state index is 11.7. The number of aliphatic carboxylic acids is 1. The van der Waals surface area contributed by atoms with E-state index in [1.54, 1.807) is 17.5 Å². The molecule has 0 spiro atoms. The van der Waals surface area contributed by atoms with E-state index in [0.29, 0.717) is 5.02 Å². The van der Waals surface area contributed by atoms with E-state index in [9.17, 15) is 9.90 Å². The quantitative estimate of drug-likeness (QED) is 0.244. The number of pyridine rings is 2. The third-order valence-electron chi connectivity index (χ3n) is 6.51. The van der Waals surface area contributed by atoms with Crippen LogP contribution in [0.5, 0.6) is 0 Å². The molecule has 0 unspecified atom stereocenters. The molecule has 0 aliphatic heterocycles. The summed E-state index contributed by atoms with van der Waals surface area (Å²) in [6.07, 6.45) is 5.49. The van der Waals surface area contributed by atoms with Crippen LogP contribution in [-0.4, -0.2) is 31.0 Å². The predicted molar refractivity (Wildman–Crippen MR) is 149 cm³/mol. The van der Waals surface area contributed by atoms with Crippen molar-refractivity contribution in [3.63, 3.8) is 0 Å². The number of carboxylic acid groups (broad SMARTS) is 1. The van der Waals surface area contributed by atoms with Crippen LogP contribution in [0.15, 0.2) is 67.1 Å². The van der Waals surface area contributed by atoms with E-state index >= 15 is 0 Å². The lowest BCUT2D eigenvalue weighted by Gasteiger charge is -2.13. The van der Waals surface area contributed by atoms with Crippen LogP contribution in [-0.2, 0) is 11.2 Å². The number of rotatable bonds is 5. The van der Waals surface area contributed by atoms with Crippen LogP contribution in [0.1, 0.15) is 16.7 Å². The predicted octanol–water partition coefficient (Wildman–Crippen LogP) is 7.47. The van der Waals surface area contributed by atoms with Crippen molar-refractivity contribution in [3.05, 3.63) is 88.8 Å². The number of halogens is 1. The standard InChI is InChI=1S/C29H21ClN4O2S/c1-15-9-24-27(26(21(15)12-25(35)36)17-3-5-20(30)6-4-17)37-29(34-24)18-7-8-31-23(11-18)19-10-22-16(2)13-32-28(22)33-14-19/h3-11,13-14H,12H2,1-2H3,(H,32,33)(H,35,36). The van der Waals surface area contributed by atoms with Gasteiger partial charge in [-0.05, 0) is 72.5 Å². The van der Waals surface area contributed by atoms with E-state index in [1.807, 2.05) is 68.7 Å². The van der Waals surface area contributed by atoms with Crippen molar-refractivity contribution < 1.29 is 9.90 Å². The average Bonchev–Trinajstić information content (AvgIpc) is 3.48. The summed E-state index contributed by atoms with van der Waals surface area (Å²) >= 11 is 7.69. The first-order valence-corrected chi connectivity index (χ1v) is 12.9. The molecule has 0 bridgehead atoms. The minimum absolute atomic E-state index is 0.0690. The molecule has 0 aliphatic carbocycles. The zero-order valence-electron chi connectivity index (χ0n) is 20.0. The first-order chi connectivity index (χ1) is 17.9. The Morgan fingerprint density at radius 1 is 1.00 bits per heavy atom. The Bertz CT molecular complexity index is 1820. The second-order valence-electron chi connectivity index (χ2n) is 9.01. The number of nitrogens with one attached hydrogen (secondary N) is 1. The molecule has 0 aliphatic rings. The van der Waals surface area contributed by atoms with Gasteiger partial charge >= 0.3 is 5.97 Å². The number of carbonyl (C=O) groups is 1. The smallest absolute Gasteiger partial charge is 0.307 e. The summed E-state index contributed by atoms with van der Waals surface area (Å²) in [5.74, 6) is -0.871. The molecule has 0 fully saturated rings. The Balaban J connectivity index is 1.51. The molecule has 2 N–H and O–H groups in total. The third-order valence-corrected chi connectivity index (χ3v) is 7.90. The Kier molecular flexibility index (Phi) is 5.74. The number of hydrogen-bond acceptors (Lipinski definition) is 5. The second kappa shape index (κ2) is 9.10. The number of aromatic amines is 1. The van der Waals surface area contributed by atoms with Gasteiger partial charge in [0.1, 0.15) is 10.7 Å². The molecule has 0 radical (unpaired) electrons. The minimum atomic E-state index is -0.871. The Morgan fingerprint density at radius 3 is 2.59 bits per heavy atom. The molecule has 0 atom stereocenters. The molecule has 4 aromatic heterocycles. The van der Waals surface area contributed by atoms with E-state index in [1.165, 1.54) is 0 Å². The van der Waals surface area contributed by atoms with Crippen LogP contribution in [0, 0.1) is 13.8 Å². The summed E-state index contributed by atoms with van der Waals surface area (Å²) < 4.78 is 0.948. The van der Waals surface area contributed by atoms with Gasteiger partial charge in [-0.1, -0.05) is 23.7 Å². The number of nitrogens with zero attached hydrogens (tertiary/aromatic N) is 3. The lowest BCUT2D eigenvalue weighted by atomic mass is 9.93. The molecule has 37 heavy (non-hydrogen) atoms. The number of thiazole rings is 1. The molecule has 182 valence electrons. The fraction of sp³-hybridized carbons (Fsp3) is 0.103. The fourth-order valence-corrected chi connectivity index (χ4v) is 5.92. The lowest BCUT2D eigenvalue weighted by Crippen LogP contribution is -2.04. The molecule has 6 nitrogen and oxygen atoms in total. The van der Waals surface area contributed by atoms with Crippen LogP contribution in [0.25, 0.3) is 54.2 Å². The number of fused-ring (bicyclic) bond motifs is 2. The lowest BCUT2D eigenvalue weighted by molar-refractivity contribution is -0.136. The fourth-order valence-electron chi connectivity index (χ4n) is 4.66. The molecule has 6 rings (SSSR count). The molecular formula is C29H21ClN4O2S. The van der Waals surface area contributed by atoms with Crippen molar-refractivity contribution in [1.82, 2.24) is 19.9 Å². The third kappa shape index (κ3) is 4.26. The summed E-state index contributed by atoms with van der Waals surface area (Å²) in [4.78, 5) is 29.0. The van der Waals surface area contributed by atoms with Crippen LogP contribution < -0.4 is 0 Å². The Hall–Kier alpha value is -4.07. The average molecular weight is 525 g/mol. The van der Waals surface area contributed by atoms with E-state index in [4.69, 9.17) is 16.6 Å². The summed E-state index contributed by atoms with van der Waals surface area (Å²) in [5.41, 5.74) is 9.00. The highest BCUT2D eigenvalue weighted by atomic mass is 35.5. The van der Waals surface area contributed by atoms with Gasteiger partial charge in [0, 0.05) is 45.7 Å². The van der Waals surface area contributed by atoms with Gasteiger partial charge in [0.2, 0.25) is 0 Å². The minimum Gasteiger partial charge on any atom is -0.481 e. The first kappa shape index (κ1) is 23.3. The van der Waals surface area contributed by atoms with Gasteiger partial charge in [-0.15, -0.1) is 11.3 Å². The molecule has 0 amide bonds. The maximum Gasteiger partial charge on any atom is 0.307 e. The number of H-pyrrole nitrogens is 1. The van der Waals surface area contributed by atoms with E-state index in [-0.39, 0.29) is 6.42 Å². The summed E-state index contributed by atoms with van der Waals surface area (Å²) in [6, 6.07) is 15.5. The highest BCUT2D eigenvalue weighted by molar-refractivity contribution is 7.22. The van der Waals surface area contributed by atoms with Crippen LogP contribution in [0.4, 0.5) is 0 Å². The number of aryl methyl sites for hydroxylation is 2. The van der Waals surface area contributed by atoms with Crippen molar-refractivity contribution in [3.8, 4) is 33.0 Å². The van der Waals surface area contributed by atoms with E-state index < -0.39 is 5.97 Å². The van der Waals surface area contributed by atoms with Gasteiger partial charge in [0.15, 0.2) is 0 Å². The van der Waals surface area contributed by atoms with Crippen molar-refractivity contribution in [2.75, 3.05) is 0 Å². The Morgan fingerprint density at radius 2 is 1.81 bits per heavy atom. The van der Waals surface area contributed by atoms with Crippen molar-refractivity contribution in [1.29, 1.82) is 0 Å². The van der Waals surface area contributed by atoms with Gasteiger partial charge in [0.05, 0.1) is 22.3 Å². The number of aromatic nitrogens is 4. The number of hydrogen-bond donors (Lipinski definition) is 2. The van der Waals surface area contributed by atoms with Gasteiger partial charge in [-0.3, -0.25) is 9.78 Å². The molecule has 4 heterocycles. The normalized spacial score (nSPS) is 11.4. The summed E-state index contributed by atoms with van der Waals surface area (Å²) in [7, 11) is 0. The monoisotopic (exact) mass is 524 g/mol. The van der Waals surface area contributed by atoms with E-state index in [0.717, 1.165) is 70.9 Å². The van der Waals surface area contributed by atoms with E-state index in [2.05, 4.69) is 21.0 Å². The van der Waals surface area contributed by atoms with Crippen molar-refractivity contribution >= 4 is 50.2 Å². The molecule has 6 aromatic rings. The molecular weight excluding hydrogens is 504 g/mol. The van der Waals surface area contributed by atoms with Crippen LogP contribution in [0.3, 0.4) is 0 Å². The van der Waals surface area contributed by atoms with Gasteiger partial charge in [0.25, 0.3) is 0 Å². The first-order valence-electron chi connectivity index (χ1n) is 11.7. The second-order valence-corrected chi connectivity index (χ2v) is 10.4. The SMILES string of the molecule is Cc1cc2nc(-c3ccnc(-c4cnc5[nH]cc(C)c5c4)c3)sc2c(-c2ccc(Cl)cc2)c1CC(=O)O. The highest BCUT2D eigenvalue weighted by Crippen LogP contribution is 2.41. The van der Waals surface area contributed by atoms with Gasteiger partial charge < -0.3 is 10.1 Å².